The number of carbonyl (C=O) groups excluding carboxylic acids is 1. The molecule has 0 fully saturated rings. The Bertz CT molecular complexity index is 546. The lowest BCUT2D eigenvalue weighted by Gasteiger charge is -2.30. The fraction of sp³-hybridized carbons (Fsp3) is 0.529. The normalized spacial score (nSPS) is 14.6. The van der Waals surface area contributed by atoms with E-state index in [1.54, 1.807) is 31.2 Å². The van der Waals surface area contributed by atoms with Gasteiger partial charge in [-0.05, 0) is 38.0 Å². The first-order chi connectivity index (χ1) is 10.8. The van der Waals surface area contributed by atoms with Gasteiger partial charge in [0.1, 0.15) is 12.4 Å². The maximum absolute atomic E-state index is 12.1. The molecule has 1 aromatic carbocycles. The van der Waals surface area contributed by atoms with Crippen LogP contribution in [0.3, 0.4) is 0 Å². The number of hydrogen-bond donors (Lipinski definition) is 2. The van der Waals surface area contributed by atoms with Crippen molar-refractivity contribution in [2.24, 2.45) is 0 Å². The van der Waals surface area contributed by atoms with Crippen LogP contribution in [0.1, 0.15) is 39.2 Å². The monoisotopic (exact) mass is 323 g/mol. The molecular weight excluding hydrogens is 298 g/mol. The molecule has 6 nitrogen and oxygen atoms in total. The van der Waals surface area contributed by atoms with Gasteiger partial charge in [0, 0.05) is 0 Å². The number of amides is 1. The summed E-state index contributed by atoms with van der Waals surface area (Å²) >= 11 is 0. The highest BCUT2D eigenvalue weighted by atomic mass is 16.5. The fourth-order valence-corrected chi connectivity index (χ4v) is 2.17. The van der Waals surface area contributed by atoms with Gasteiger partial charge in [-0.25, -0.2) is 0 Å². The zero-order valence-corrected chi connectivity index (χ0v) is 14.1. The zero-order valence-electron chi connectivity index (χ0n) is 14.1. The number of nitrogens with one attached hydrogen (secondary N) is 1. The lowest BCUT2D eigenvalue weighted by Crippen LogP contribution is -2.46. The van der Waals surface area contributed by atoms with Gasteiger partial charge in [-0.15, -0.1) is 0 Å². The molecule has 2 unspecified atom stereocenters. The summed E-state index contributed by atoms with van der Waals surface area (Å²) in [6.07, 6.45) is 0.536. The standard InChI is InChI=1S/C17H25NO5/c1-5-12(2)23-11-15(19)18-17(3,10-16(20)21)13-7-6-8-14(9-13)22-4/h6-9,12H,5,10-11H2,1-4H3,(H,18,19)(H,20,21). The average Bonchev–Trinajstić information content (AvgIpc) is 2.51. The van der Waals surface area contributed by atoms with Gasteiger partial charge in [0.2, 0.25) is 5.91 Å². The van der Waals surface area contributed by atoms with Crippen molar-refractivity contribution in [3.8, 4) is 5.75 Å². The predicted molar refractivity (Wildman–Crippen MR) is 86.4 cm³/mol. The van der Waals surface area contributed by atoms with Crippen LogP contribution >= 0.6 is 0 Å². The number of aliphatic carboxylic acids is 1. The number of hydrogen-bond acceptors (Lipinski definition) is 4. The van der Waals surface area contributed by atoms with E-state index in [9.17, 15) is 14.7 Å². The summed E-state index contributed by atoms with van der Waals surface area (Å²) in [6, 6.07) is 7.01. The maximum atomic E-state index is 12.1. The Morgan fingerprint density at radius 1 is 1.39 bits per heavy atom. The van der Waals surface area contributed by atoms with Crippen LogP contribution in [-0.2, 0) is 19.9 Å². The molecule has 0 spiro atoms. The molecule has 1 rings (SSSR count). The molecule has 128 valence electrons. The Labute approximate surface area is 136 Å². The molecule has 0 radical (unpaired) electrons. The minimum absolute atomic E-state index is 0.0247. The highest BCUT2D eigenvalue weighted by molar-refractivity contribution is 5.79. The first kappa shape index (κ1) is 19.0. The molecule has 0 heterocycles. The van der Waals surface area contributed by atoms with Crippen LogP contribution in [0.4, 0.5) is 0 Å². The third-order valence-corrected chi connectivity index (χ3v) is 3.70. The first-order valence-electron chi connectivity index (χ1n) is 7.59. The van der Waals surface area contributed by atoms with Gasteiger partial charge in [0.05, 0.1) is 25.2 Å². The van der Waals surface area contributed by atoms with Crippen LogP contribution in [0.15, 0.2) is 24.3 Å². The van der Waals surface area contributed by atoms with Crippen LogP contribution in [0, 0.1) is 0 Å². The Balaban J connectivity index is 2.93. The van der Waals surface area contributed by atoms with Crippen molar-refractivity contribution < 1.29 is 24.2 Å². The van der Waals surface area contributed by atoms with E-state index in [4.69, 9.17) is 9.47 Å². The third-order valence-electron chi connectivity index (χ3n) is 3.70. The van der Waals surface area contributed by atoms with E-state index in [2.05, 4.69) is 5.32 Å². The van der Waals surface area contributed by atoms with Gasteiger partial charge < -0.3 is 19.9 Å². The first-order valence-corrected chi connectivity index (χ1v) is 7.59. The number of methoxy groups -OCH3 is 1. The lowest BCUT2D eigenvalue weighted by atomic mass is 9.88. The average molecular weight is 323 g/mol. The molecule has 2 N–H and O–H groups in total. The van der Waals surface area contributed by atoms with Crippen molar-refractivity contribution in [1.82, 2.24) is 5.32 Å². The second kappa shape index (κ2) is 8.53. The Kier molecular flexibility index (Phi) is 7.03. The maximum Gasteiger partial charge on any atom is 0.306 e. The van der Waals surface area contributed by atoms with Gasteiger partial charge in [-0.3, -0.25) is 9.59 Å². The molecular formula is C17H25NO5. The summed E-state index contributed by atoms with van der Waals surface area (Å²) in [5.41, 5.74) is -0.382. The van der Waals surface area contributed by atoms with Crippen molar-refractivity contribution in [3.05, 3.63) is 29.8 Å². The van der Waals surface area contributed by atoms with Crippen molar-refractivity contribution >= 4 is 11.9 Å². The molecule has 6 heteroatoms. The number of ether oxygens (including phenoxy) is 2. The van der Waals surface area contributed by atoms with E-state index < -0.39 is 11.5 Å². The molecule has 0 bridgehead atoms. The molecule has 0 aliphatic carbocycles. The van der Waals surface area contributed by atoms with Crippen LogP contribution in [0.5, 0.6) is 5.75 Å². The van der Waals surface area contributed by atoms with Gasteiger partial charge in [0.15, 0.2) is 0 Å². The molecule has 0 saturated heterocycles. The van der Waals surface area contributed by atoms with Crippen LogP contribution < -0.4 is 10.1 Å². The van der Waals surface area contributed by atoms with E-state index >= 15 is 0 Å². The number of carbonyl (C=O) groups is 2. The molecule has 2 atom stereocenters. The number of rotatable bonds is 9. The van der Waals surface area contributed by atoms with E-state index in [0.29, 0.717) is 11.3 Å². The van der Waals surface area contributed by atoms with Gasteiger partial charge in [-0.2, -0.15) is 0 Å². The highest BCUT2D eigenvalue weighted by Gasteiger charge is 2.32. The molecule has 1 amide bonds. The molecule has 23 heavy (non-hydrogen) atoms. The topological polar surface area (TPSA) is 84.9 Å². The van der Waals surface area contributed by atoms with Crippen LogP contribution in [-0.4, -0.2) is 36.8 Å². The largest absolute Gasteiger partial charge is 0.497 e. The molecule has 0 aliphatic rings. The van der Waals surface area contributed by atoms with E-state index in [-0.39, 0.29) is 25.0 Å². The van der Waals surface area contributed by atoms with Crippen molar-refractivity contribution in [3.63, 3.8) is 0 Å². The minimum Gasteiger partial charge on any atom is -0.497 e. The lowest BCUT2D eigenvalue weighted by molar-refractivity contribution is -0.139. The summed E-state index contributed by atoms with van der Waals surface area (Å²) in [5.74, 6) is -0.750. The van der Waals surface area contributed by atoms with Crippen LogP contribution in [0.25, 0.3) is 0 Å². The predicted octanol–water partition coefficient (Wildman–Crippen LogP) is 2.32. The number of carboxylic acid groups (broad SMARTS) is 1. The Morgan fingerprint density at radius 3 is 2.65 bits per heavy atom. The summed E-state index contributed by atoms with van der Waals surface area (Å²) in [6.45, 7) is 5.42. The summed E-state index contributed by atoms with van der Waals surface area (Å²) in [7, 11) is 1.53. The zero-order chi connectivity index (χ0) is 17.5. The van der Waals surface area contributed by atoms with Gasteiger partial charge >= 0.3 is 5.97 Å². The van der Waals surface area contributed by atoms with Crippen molar-refractivity contribution in [2.45, 2.75) is 45.3 Å². The molecule has 0 aromatic heterocycles. The van der Waals surface area contributed by atoms with Gasteiger partial charge in [0.25, 0.3) is 0 Å². The van der Waals surface area contributed by atoms with E-state index in [0.717, 1.165) is 6.42 Å². The van der Waals surface area contributed by atoms with E-state index in [1.165, 1.54) is 7.11 Å². The van der Waals surface area contributed by atoms with Crippen LogP contribution in [0.2, 0.25) is 0 Å². The van der Waals surface area contributed by atoms with Crippen molar-refractivity contribution in [2.75, 3.05) is 13.7 Å². The minimum atomic E-state index is -1.05. The number of benzene rings is 1. The second-order valence-electron chi connectivity index (χ2n) is 5.71. The fourth-order valence-electron chi connectivity index (χ4n) is 2.17. The SMILES string of the molecule is CCC(C)OCC(=O)NC(C)(CC(=O)O)c1cccc(OC)c1. The second-order valence-corrected chi connectivity index (χ2v) is 5.71. The third kappa shape index (κ3) is 5.90. The van der Waals surface area contributed by atoms with Crippen molar-refractivity contribution in [1.29, 1.82) is 0 Å². The summed E-state index contributed by atoms with van der Waals surface area (Å²) in [4.78, 5) is 23.4. The van der Waals surface area contributed by atoms with Gasteiger partial charge in [-0.1, -0.05) is 19.1 Å². The number of carboxylic acids is 1. The highest BCUT2D eigenvalue weighted by Crippen LogP contribution is 2.27. The smallest absolute Gasteiger partial charge is 0.306 e. The molecule has 1 aromatic rings. The Hall–Kier alpha value is -2.08. The summed E-state index contributed by atoms with van der Waals surface area (Å²) < 4.78 is 10.6. The molecule has 0 saturated carbocycles. The quantitative estimate of drug-likeness (QED) is 0.728. The molecule has 0 aliphatic heterocycles. The Morgan fingerprint density at radius 2 is 2.09 bits per heavy atom. The van der Waals surface area contributed by atoms with E-state index in [1.807, 2.05) is 13.8 Å². The summed E-state index contributed by atoms with van der Waals surface area (Å²) in [5, 5.41) is 12.0.